The molecule has 0 fully saturated rings. The van der Waals surface area contributed by atoms with E-state index in [1.54, 1.807) is 23.5 Å². The molecule has 2 rings (SSSR count). The van der Waals surface area contributed by atoms with Crippen LogP contribution in [-0.4, -0.2) is 24.4 Å². The molecule has 5 heteroatoms. The molecule has 1 N–H and O–H groups in total. The quantitative estimate of drug-likeness (QED) is 0.916. The molecule has 0 unspecified atom stereocenters. The Bertz CT molecular complexity index is 542. The van der Waals surface area contributed by atoms with Crippen LogP contribution >= 0.6 is 22.9 Å². The number of likely N-dealkylation sites (N-methyl/N-ethyl adjacent to an activating group) is 1. The van der Waals surface area contributed by atoms with E-state index in [0.29, 0.717) is 11.6 Å². The van der Waals surface area contributed by atoms with E-state index in [1.165, 1.54) is 4.88 Å². The van der Waals surface area contributed by atoms with E-state index < -0.39 is 0 Å². The molecule has 100 valence electrons. The van der Waals surface area contributed by atoms with Crippen LogP contribution in [0.25, 0.3) is 0 Å². The first kappa shape index (κ1) is 14.1. The molecule has 2 aromatic rings. The lowest BCUT2D eigenvalue weighted by Gasteiger charge is -2.15. The van der Waals surface area contributed by atoms with Gasteiger partial charge in [0.1, 0.15) is 0 Å². The van der Waals surface area contributed by atoms with Crippen LogP contribution in [0.5, 0.6) is 0 Å². The molecule has 0 spiro atoms. The van der Waals surface area contributed by atoms with E-state index in [9.17, 15) is 4.79 Å². The van der Waals surface area contributed by atoms with Gasteiger partial charge in [0.15, 0.2) is 0 Å². The zero-order valence-electron chi connectivity index (χ0n) is 10.6. The molecule has 1 aromatic carbocycles. The molecule has 0 radical (unpaired) electrons. The number of hydrogen-bond acceptors (Lipinski definition) is 3. The third-order valence-electron chi connectivity index (χ3n) is 2.53. The molecule has 19 heavy (non-hydrogen) atoms. The summed E-state index contributed by atoms with van der Waals surface area (Å²) in [4.78, 5) is 15.1. The highest BCUT2D eigenvalue weighted by Crippen LogP contribution is 2.15. The normalized spacial score (nSPS) is 10.7. The van der Waals surface area contributed by atoms with Gasteiger partial charge < -0.3 is 5.32 Å². The second-order valence-corrected chi connectivity index (χ2v) is 5.78. The van der Waals surface area contributed by atoms with Gasteiger partial charge in [0.05, 0.1) is 6.54 Å². The topological polar surface area (TPSA) is 32.3 Å². The van der Waals surface area contributed by atoms with Gasteiger partial charge in [0, 0.05) is 22.1 Å². The van der Waals surface area contributed by atoms with Gasteiger partial charge in [-0.1, -0.05) is 23.7 Å². The smallest absolute Gasteiger partial charge is 0.238 e. The van der Waals surface area contributed by atoms with Gasteiger partial charge in [0.25, 0.3) is 0 Å². The Morgan fingerprint density at radius 1 is 1.37 bits per heavy atom. The van der Waals surface area contributed by atoms with Crippen LogP contribution in [0.2, 0.25) is 5.02 Å². The fourth-order valence-corrected chi connectivity index (χ4v) is 2.71. The number of nitrogens with zero attached hydrogens (tertiary/aromatic N) is 1. The molecular formula is C14H15ClN2OS. The van der Waals surface area contributed by atoms with Crippen LogP contribution in [0.3, 0.4) is 0 Å². The van der Waals surface area contributed by atoms with Crippen LogP contribution in [0.4, 0.5) is 5.69 Å². The third-order valence-corrected chi connectivity index (χ3v) is 3.62. The van der Waals surface area contributed by atoms with Crippen molar-refractivity contribution in [1.82, 2.24) is 4.90 Å². The standard InChI is InChI=1S/C14H15ClN2OS/c1-17(9-13-6-3-7-19-13)10-14(18)16-12-5-2-4-11(15)8-12/h2-8H,9-10H2,1H3,(H,16,18). The first-order valence-electron chi connectivity index (χ1n) is 5.90. The second kappa shape index (κ2) is 6.70. The summed E-state index contributed by atoms with van der Waals surface area (Å²) in [5, 5.41) is 5.48. The summed E-state index contributed by atoms with van der Waals surface area (Å²) in [5.74, 6) is -0.0404. The first-order chi connectivity index (χ1) is 9.13. The highest BCUT2D eigenvalue weighted by Gasteiger charge is 2.08. The number of benzene rings is 1. The number of thiophene rings is 1. The zero-order chi connectivity index (χ0) is 13.7. The number of carbonyl (C=O) groups is 1. The molecule has 0 atom stereocenters. The summed E-state index contributed by atoms with van der Waals surface area (Å²) < 4.78 is 0. The summed E-state index contributed by atoms with van der Waals surface area (Å²) in [6, 6.07) is 11.2. The summed E-state index contributed by atoms with van der Waals surface area (Å²) in [6.07, 6.45) is 0. The predicted octanol–water partition coefficient (Wildman–Crippen LogP) is 3.47. The minimum Gasteiger partial charge on any atom is -0.325 e. The lowest BCUT2D eigenvalue weighted by molar-refractivity contribution is -0.117. The molecule has 0 saturated heterocycles. The highest BCUT2D eigenvalue weighted by atomic mass is 35.5. The van der Waals surface area contributed by atoms with Crippen LogP contribution in [0, 0.1) is 0 Å². The number of anilines is 1. The largest absolute Gasteiger partial charge is 0.325 e. The van der Waals surface area contributed by atoms with Gasteiger partial charge in [-0.15, -0.1) is 11.3 Å². The molecule has 0 saturated carbocycles. The summed E-state index contributed by atoms with van der Waals surface area (Å²) in [6.45, 7) is 1.13. The molecule has 1 aromatic heterocycles. The molecule has 0 aliphatic heterocycles. The van der Waals surface area contributed by atoms with Crippen molar-refractivity contribution in [2.24, 2.45) is 0 Å². The number of carbonyl (C=O) groups excluding carboxylic acids is 1. The van der Waals surface area contributed by atoms with Crippen molar-refractivity contribution < 1.29 is 4.79 Å². The first-order valence-corrected chi connectivity index (χ1v) is 7.15. The SMILES string of the molecule is CN(CC(=O)Nc1cccc(Cl)c1)Cc1cccs1. The maximum Gasteiger partial charge on any atom is 0.238 e. The molecule has 0 aliphatic rings. The fraction of sp³-hybridized carbons (Fsp3) is 0.214. The average molecular weight is 295 g/mol. The summed E-state index contributed by atoms with van der Waals surface area (Å²) in [5.41, 5.74) is 0.724. The van der Waals surface area contributed by atoms with Crippen molar-refractivity contribution in [2.75, 3.05) is 18.9 Å². The predicted molar refractivity (Wildman–Crippen MR) is 80.7 cm³/mol. The zero-order valence-corrected chi connectivity index (χ0v) is 12.2. The molecule has 1 heterocycles. The van der Waals surface area contributed by atoms with Gasteiger partial charge in [-0.3, -0.25) is 9.69 Å². The molecule has 0 bridgehead atoms. The van der Waals surface area contributed by atoms with Gasteiger partial charge in [-0.05, 0) is 36.7 Å². The van der Waals surface area contributed by atoms with Gasteiger partial charge >= 0.3 is 0 Å². The Balaban J connectivity index is 1.84. The third kappa shape index (κ3) is 4.67. The van der Waals surface area contributed by atoms with Gasteiger partial charge in [-0.2, -0.15) is 0 Å². The van der Waals surface area contributed by atoms with E-state index in [0.717, 1.165) is 12.2 Å². The lowest BCUT2D eigenvalue weighted by atomic mass is 10.3. The number of rotatable bonds is 5. The van der Waals surface area contributed by atoms with E-state index in [4.69, 9.17) is 11.6 Å². The van der Waals surface area contributed by atoms with Gasteiger partial charge in [0.2, 0.25) is 5.91 Å². The molecule has 1 amide bonds. The van der Waals surface area contributed by atoms with E-state index >= 15 is 0 Å². The minimum atomic E-state index is -0.0404. The second-order valence-electron chi connectivity index (χ2n) is 4.31. The van der Waals surface area contributed by atoms with Crippen LogP contribution in [0.15, 0.2) is 41.8 Å². The number of amides is 1. The number of nitrogens with one attached hydrogen (secondary N) is 1. The highest BCUT2D eigenvalue weighted by molar-refractivity contribution is 7.09. The van der Waals surface area contributed by atoms with Crippen LogP contribution in [0.1, 0.15) is 4.88 Å². The summed E-state index contributed by atoms with van der Waals surface area (Å²) in [7, 11) is 1.93. The Morgan fingerprint density at radius 2 is 2.21 bits per heavy atom. The van der Waals surface area contributed by atoms with Crippen molar-refractivity contribution in [2.45, 2.75) is 6.54 Å². The Kier molecular flexibility index (Phi) is 4.96. The molecular weight excluding hydrogens is 280 g/mol. The maximum atomic E-state index is 11.9. The minimum absolute atomic E-state index is 0.0404. The Hall–Kier alpha value is -1.36. The maximum absolute atomic E-state index is 11.9. The number of hydrogen-bond donors (Lipinski definition) is 1. The molecule has 3 nitrogen and oxygen atoms in total. The Labute approximate surface area is 121 Å². The van der Waals surface area contributed by atoms with Crippen molar-refractivity contribution >= 4 is 34.5 Å². The van der Waals surface area contributed by atoms with Crippen molar-refractivity contribution in [3.63, 3.8) is 0 Å². The summed E-state index contributed by atoms with van der Waals surface area (Å²) >= 11 is 7.56. The molecule has 0 aliphatic carbocycles. The van der Waals surface area contributed by atoms with Crippen LogP contribution in [-0.2, 0) is 11.3 Å². The Morgan fingerprint density at radius 3 is 2.89 bits per heavy atom. The van der Waals surface area contributed by atoms with Crippen molar-refractivity contribution in [1.29, 1.82) is 0 Å². The van der Waals surface area contributed by atoms with Crippen molar-refractivity contribution in [3.8, 4) is 0 Å². The van der Waals surface area contributed by atoms with E-state index in [-0.39, 0.29) is 5.91 Å². The monoisotopic (exact) mass is 294 g/mol. The fourth-order valence-electron chi connectivity index (χ4n) is 1.74. The van der Waals surface area contributed by atoms with E-state index in [1.807, 2.05) is 35.5 Å². The van der Waals surface area contributed by atoms with Crippen molar-refractivity contribution in [3.05, 3.63) is 51.7 Å². The number of halogens is 1. The van der Waals surface area contributed by atoms with Gasteiger partial charge in [-0.25, -0.2) is 0 Å². The van der Waals surface area contributed by atoms with E-state index in [2.05, 4.69) is 11.4 Å². The van der Waals surface area contributed by atoms with Crippen LogP contribution < -0.4 is 5.32 Å². The lowest BCUT2D eigenvalue weighted by Crippen LogP contribution is -2.29. The average Bonchev–Trinajstić information content (AvgIpc) is 2.81.